The van der Waals surface area contributed by atoms with Crippen LogP contribution in [0.15, 0.2) is 30.6 Å². The van der Waals surface area contributed by atoms with Crippen LogP contribution in [-0.4, -0.2) is 45.0 Å². The zero-order valence-electron chi connectivity index (χ0n) is 14.7. The van der Waals surface area contributed by atoms with Gasteiger partial charge in [-0.15, -0.1) is 11.3 Å². The first-order valence-corrected chi connectivity index (χ1v) is 9.50. The number of anilines is 2. The fourth-order valence-corrected chi connectivity index (χ4v) is 3.96. The van der Waals surface area contributed by atoms with E-state index in [-0.39, 0.29) is 24.2 Å². The number of carbonyl (C=O) groups excluding carboxylic acids is 1. The van der Waals surface area contributed by atoms with Gasteiger partial charge in [0.1, 0.15) is 6.17 Å². The van der Waals surface area contributed by atoms with Gasteiger partial charge in [-0.3, -0.25) is 9.78 Å². The van der Waals surface area contributed by atoms with Crippen molar-refractivity contribution in [1.82, 2.24) is 19.9 Å². The molecule has 0 bridgehead atoms. The van der Waals surface area contributed by atoms with Crippen LogP contribution in [0.2, 0.25) is 0 Å². The van der Waals surface area contributed by atoms with E-state index >= 15 is 0 Å². The van der Waals surface area contributed by atoms with E-state index in [1.54, 1.807) is 18.5 Å². The summed E-state index contributed by atoms with van der Waals surface area (Å²) in [6.45, 7) is 2.45. The minimum atomic E-state index is -0.983. The van der Waals surface area contributed by atoms with Crippen LogP contribution in [0.5, 0.6) is 0 Å². The lowest BCUT2D eigenvalue weighted by Crippen LogP contribution is -2.30. The monoisotopic (exact) mass is 386 g/mol. The molecule has 0 aliphatic carbocycles. The summed E-state index contributed by atoms with van der Waals surface area (Å²) < 4.78 is 14.2. The number of pyridine rings is 1. The highest BCUT2D eigenvalue weighted by Crippen LogP contribution is 2.31. The third-order valence-electron chi connectivity index (χ3n) is 4.54. The number of carbonyl (C=O) groups is 1. The maximum absolute atomic E-state index is 13.5. The van der Waals surface area contributed by atoms with E-state index in [0.717, 1.165) is 5.56 Å². The maximum atomic E-state index is 13.5. The number of nitrogen functional groups attached to an aromatic ring is 1. The topological polar surface area (TPSA) is 97.0 Å². The van der Waals surface area contributed by atoms with Gasteiger partial charge in [-0.2, -0.15) is 0 Å². The fraction of sp³-hybridized carbons (Fsp3) is 0.333. The average Bonchev–Trinajstić information content (AvgIpc) is 3.26. The maximum Gasteiger partial charge on any atom is 0.274 e. The first-order valence-electron chi connectivity index (χ1n) is 8.68. The molecule has 1 fully saturated rings. The van der Waals surface area contributed by atoms with Crippen LogP contribution in [-0.2, 0) is 0 Å². The molecular weight excluding hydrogens is 367 g/mol. The Labute approximate surface area is 159 Å². The van der Waals surface area contributed by atoms with Gasteiger partial charge >= 0.3 is 0 Å². The van der Waals surface area contributed by atoms with Gasteiger partial charge in [0.25, 0.3) is 5.91 Å². The minimum Gasteiger partial charge on any atom is -0.391 e. The molecule has 2 atom stereocenters. The molecule has 0 saturated carbocycles. The molecule has 0 radical (unpaired) electrons. The van der Waals surface area contributed by atoms with Gasteiger partial charge in [-0.25, -0.2) is 14.4 Å². The van der Waals surface area contributed by atoms with Crippen molar-refractivity contribution in [3.8, 4) is 0 Å². The Morgan fingerprint density at radius 1 is 1.48 bits per heavy atom. The largest absolute Gasteiger partial charge is 0.391 e. The van der Waals surface area contributed by atoms with E-state index in [1.165, 1.54) is 16.2 Å². The average molecular weight is 386 g/mol. The summed E-state index contributed by atoms with van der Waals surface area (Å²) in [5.74, 6) is 0.0393. The smallest absolute Gasteiger partial charge is 0.274 e. The zero-order valence-corrected chi connectivity index (χ0v) is 15.5. The molecule has 1 aliphatic rings. The fourth-order valence-electron chi connectivity index (χ4n) is 3.12. The van der Waals surface area contributed by atoms with Gasteiger partial charge in [0.05, 0.1) is 27.8 Å². The molecule has 9 heteroatoms. The van der Waals surface area contributed by atoms with Crippen LogP contribution in [0.25, 0.3) is 10.2 Å². The van der Waals surface area contributed by atoms with E-state index < -0.39 is 6.17 Å². The SMILES string of the molecule is CC(Nc1nc(C(=O)N2CC[C@@H](F)C2)c2sc(N)cc2n1)c1cccnc1. The summed E-state index contributed by atoms with van der Waals surface area (Å²) in [7, 11) is 0. The standard InChI is InChI=1S/C18H19FN6OS/c1-10(11-3-2-5-21-8-11)22-18-23-13-7-14(20)27-16(13)15(24-18)17(26)25-6-4-12(19)9-25/h2-3,5,7-8,10,12H,4,6,9,20H2,1H3,(H,22,23,24)/t10?,12-/m1/s1. The number of thiophene rings is 1. The van der Waals surface area contributed by atoms with Crippen molar-refractivity contribution < 1.29 is 9.18 Å². The number of amides is 1. The summed E-state index contributed by atoms with van der Waals surface area (Å²) in [4.78, 5) is 27.5. The predicted molar refractivity (Wildman–Crippen MR) is 104 cm³/mol. The first kappa shape index (κ1) is 17.6. The Balaban J connectivity index is 1.69. The van der Waals surface area contributed by atoms with Crippen LogP contribution >= 0.6 is 11.3 Å². The number of halogens is 1. The molecule has 4 heterocycles. The minimum absolute atomic E-state index is 0.0973. The number of nitrogens with two attached hydrogens (primary N) is 1. The molecule has 1 amide bonds. The lowest BCUT2D eigenvalue weighted by Gasteiger charge is -2.17. The van der Waals surface area contributed by atoms with Crippen molar-refractivity contribution >= 4 is 38.4 Å². The molecule has 27 heavy (non-hydrogen) atoms. The molecule has 1 unspecified atom stereocenters. The molecule has 4 rings (SSSR count). The summed E-state index contributed by atoms with van der Waals surface area (Å²) >= 11 is 1.26. The number of nitrogens with zero attached hydrogens (tertiary/aromatic N) is 4. The van der Waals surface area contributed by atoms with Crippen molar-refractivity contribution in [2.45, 2.75) is 25.6 Å². The van der Waals surface area contributed by atoms with E-state index in [2.05, 4.69) is 20.3 Å². The van der Waals surface area contributed by atoms with E-state index in [1.807, 2.05) is 19.1 Å². The summed E-state index contributed by atoms with van der Waals surface area (Å²) in [6, 6.07) is 5.42. The number of aromatic nitrogens is 3. The van der Waals surface area contributed by atoms with Gasteiger partial charge < -0.3 is 16.0 Å². The second kappa shape index (κ2) is 7.07. The number of nitrogens with one attached hydrogen (secondary N) is 1. The molecule has 140 valence electrons. The Hall–Kier alpha value is -2.81. The van der Waals surface area contributed by atoms with Crippen molar-refractivity contribution in [3.63, 3.8) is 0 Å². The zero-order chi connectivity index (χ0) is 19.0. The van der Waals surface area contributed by atoms with Crippen molar-refractivity contribution in [3.05, 3.63) is 41.9 Å². The third kappa shape index (κ3) is 3.55. The molecule has 3 N–H and O–H groups in total. The number of hydrogen-bond donors (Lipinski definition) is 2. The third-order valence-corrected chi connectivity index (χ3v) is 5.50. The normalized spacial score (nSPS) is 18.0. The predicted octanol–water partition coefficient (Wildman–Crippen LogP) is 3.03. The van der Waals surface area contributed by atoms with Crippen LogP contribution in [0.3, 0.4) is 0 Å². The molecule has 1 saturated heterocycles. The van der Waals surface area contributed by atoms with Crippen LogP contribution in [0, 0.1) is 0 Å². The Morgan fingerprint density at radius 3 is 3.04 bits per heavy atom. The van der Waals surface area contributed by atoms with Crippen molar-refractivity contribution in [2.24, 2.45) is 0 Å². The summed E-state index contributed by atoms with van der Waals surface area (Å²) in [5, 5.41) is 3.76. The number of fused-ring (bicyclic) bond motifs is 1. The van der Waals surface area contributed by atoms with Crippen LogP contribution in [0.1, 0.15) is 35.4 Å². The number of hydrogen-bond acceptors (Lipinski definition) is 7. The van der Waals surface area contributed by atoms with Gasteiger partial charge in [-0.1, -0.05) is 6.07 Å². The van der Waals surface area contributed by atoms with Gasteiger partial charge in [0.2, 0.25) is 5.95 Å². The highest BCUT2D eigenvalue weighted by molar-refractivity contribution is 7.22. The Morgan fingerprint density at radius 2 is 2.33 bits per heavy atom. The van der Waals surface area contributed by atoms with Gasteiger partial charge in [0.15, 0.2) is 5.69 Å². The highest BCUT2D eigenvalue weighted by Gasteiger charge is 2.29. The number of alkyl halides is 1. The van der Waals surface area contributed by atoms with Gasteiger partial charge in [0, 0.05) is 18.9 Å². The molecule has 7 nitrogen and oxygen atoms in total. The lowest BCUT2D eigenvalue weighted by atomic mass is 10.1. The molecule has 3 aromatic heterocycles. The van der Waals surface area contributed by atoms with Crippen LogP contribution < -0.4 is 11.1 Å². The molecular formula is C18H19FN6OS. The number of rotatable bonds is 4. The lowest BCUT2D eigenvalue weighted by molar-refractivity contribution is 0.0779. The first-order chi connectivity index (χ1) is 13.0. The second-order valence-corrected chi connectivity index (χ2v) is 7.63. The van der Waals surface area contributed by atoms with E-state index in [9.17, 15) is 9.18 Å². The Kier molecular flexibility index (Phi) is 4.61. The molecule has 1 aliphatic heterocycles. The molecule has 0 spiro atoms. The van der Waals surface area contributed by atoms with Crippen LogP contribution in [0.4, 0.5) is 15.3 Å². The van der Waals surface area contributed by atoms with Crippen molar-refractivity contribution in [2.75, 3.05) is 24.1 Å². The van der Waals surface area contributed by atoms with E-state index in [0.29, 0.717) is 34.1 Å². The second-order valence-electron chi connectivity index (χ2n) is 6.55. The quantitative estimate of drug-likeness (QED) is 0.715. The Bertz CT molecular complexity index is 979. The molecule has 0 aromatic carbocycles. The summed E-state index contributed by atoms with van der Waals surface area (Å²) in [5.41, 5.74) is 7.75. The van der Waals surface area contributed by atoms with Gasteiger partial charge in [-0.05, 0) is 31.0 Å². The number of likely N-dealkylation sites (tertiary alicyclic amines) is 1. The van der Waals surface area contributed by atoms with E-state index in [4.69, 9.17) is 5.73 Å². The highest BCUT2D eigenvalue weighted by atomic mass is 32.1. The molecule has 3 aromatic rings. The van der Waals surface area contributed by atoms with Crippen molar-refractivity contribution in [1.29, 1.82) is 0 Å². The summed E-state index contributed by atoms with van der Waals surface area (Å²) in [6.07, 6.45) is 2.84.